The maximum atomic E-state index is 6.04. The Balaban J connectivity index is 2.42. The standard InChI is InChI=1S/C11H17N7S/c1-5(2)18-10(9(14)6(3)17-18)19-11-15-7(12)4-8(13)16-11/h4-5H,14H2,1-3H3,(H4,12,13,15,16). The fourth-order valence-electron chi connectivity index (χ4n) is 1.58. The van der Waals surface area contributed by atoms with Crippen molar-refractivity contribution in [2.24, 2.45) is 0 Å². The fourth-order valence-corrected chi connectivity index (χ4v) is 2.66. The van der Waals surface area contributed by atoms with E-state index in [9.17, 15) is 0 Å². The second-order valence-corrected chi connectivity index (χ2v) is 5.40. The molecule has 2 aromatic heterocycles. The van der Waals surface area contributed by atoms with Crippen molar-refractivity contribution in [1.82, 2.24) is 19.7 Å². The summed E-state index contributed by atoms with van der Waals surface area (Å²) in [5.41, 5.74) is 18.8. The lowest BCUT2D eigenvalue weighted by Gasteiger charge is -2.10. The first-order valence-corrected chi connectivity index (χ1v) is 6.62. The van der Waals surface area contributed by atoms with Gasteiger partial charge >= 0.3 is 0 Å². The van der Waals surface area contributed by atoms with Crippen LogP contribution in [0.1, 0.15) is 25.6 Å². The molecule has 0 atom stereocenters. The van der Waals surface area contributed by atoms with Gasteiger partial charge in [-0.3, -0.25) is 4.68 Å². The van der Waals surface area contributed by atoms with E-state index in [1.165, 1.54) is 17.8 Å². The highest BCUT2D eigenvalue weighted by atomic mass is 32.2. The smallest absolute Gasteiger partial charge is 0.197 e. The second kappa shape index (κ2) is 4.96. The number of aromatic nitrogens is 4. The van der Waals surface area contributed by atoms with Gasteiger partial charge in [-0.15, -0.1) is 0 Å². The Bertz CT molecular complexity index is 585. The predicted molar refractivity (Wildman–Crippen MR) is 76.7 cm³/mol. The Morgan fingerprint density at radius 1 is 1.16 bits per heavy atom. The van der Waals surface area contributed by atoms with E-state index in [0.717, 1.165) is 10.7 Å². The van der Waals surface area contributed by atoms with Crippen LogP contribution in [0.2, 0.25) is 0 Å². The van der Waals surface area contributed by atoms with Gasteiger partial charge in [0.2, 0.25) is 0 Å². The minimum Gasteiger partial charge on any atom is -0.395 e. The summed E-state index contributed by atoms with van der Waals surface area (Å²) in [5, 5.41) is 5.67. The zero-order chi connectivity index (χ0) is 14.2. The van der Waals surface area contributed by atoms with Gasteiger partial charge in [-0.2, -0.15) is 5.10 Å². The van der Waals surface area contributed by atoms with Crippen molar-refractivity contribution in [3.63, 3.8) is 0 Å². The van der Waals surface area contributed by atoms with Gasteiger partial charge in [-0.05, 0) is 32.5 Å². The molecule has 0 amide bonds. The Morgan fingerprint density at radius 3 is 2.26 bits per heavy atom. The molecular weight excluding hydrogens is 262 g/mol. The molecule has 2 aromatic rings. The van der Waals surface area contributed by atoms with Crippen LogP contribution >= 0.6 is 11.8 Å². The first-order valence-electron chi connectivity index (χ1n) is 5.81. The van der Waals surface area contributed by atoms with E-state index in [1.807, 2.05) is 25.5 Å². The molecular formula is C11H17N7S. The monoisotopic (exact) mass is 279 g/mol. The van der Waals surface area contributed by atoms with Crippen molar-refractivity contribution in [3.8, 4) is 0 Å². The number of nitrogens with zero attached hydrogens (tertiary/aromatic N) is 4. The van der Waals surface area contributed by atoms with Crippen molar-refractivity contribution >= 4 is 29.1 Å². The molecule has 0 aliphatic carbocycles. The molecule has 0 aliphatic heterocycles. The number of nitrogens with two attached hydrogens (primary N) is 3. The number of hydrogen-bond donors (Lipinski definition) is 3. The van der Waals surface area contributed by atoms with Gasteiger partial charge < -0.3 is 17.2 Å². The van der Waals surface area contributed by atoms with Crippen LogP contribution in [0.15, 0.2) is 16.2 Å². The van der Waals surface area contributed by atoms with E-state index in [4.69, 9.17) is 17.2 Å². The number of aryl methyl sites for hydroxylation is 1. The third-order valence-corrected chi connectivity index (χ3v) is 3.47. The first kappa shape index (κ1) is 13.5. The number of nitrogen functional groups attached to an aromatic ring is 3. The van der Waals surface area contributed by atoms with E-state index < -0.39 is 0 Å². The SMILES string of the molecule is Cc1nn(C(C)C)c(Sc2nc(N)cc(N)n2)c1N. The molecule has 0 saturated carbocycles. The Hall–Kier alpha value is -1.96. The average Bonchev–Trinajstić information content (AvgIpc) is 2.56. The Labute approximate surface area is 115 Å². The van der Waals surface area contributed by atoms with E-state index in [-0.39, 0.29) is 6.04 Å². The van der Waals surface area contributed by atoms with Crippen LogP contribution in [0.25, 0.3) is 0 Å². The van der Waals surface area contributed by atoms with Gasteiger partial charge in [0.15, 0.2) is 5.16 Å². The topological polar surface area (TPSA) is 122 Å². The van der Waals surface area contributed by atoms with Crippen LogP contribution in [0.5, 0.6) is 0 Å². The molecule has 8 heteroatoms. The van der Waals surface area contributed by atoms with Gasteiger partial charge in [0, 0.05) is 12.1 Å². The molecule has 0 aliphatic rings. The molecule has 7 nitrogen and oxygen atoms in total. The zero-order valence-corrected chi connectivity index (χ0v) is 11.9. The van der Waals surface area contributed by atoms with Crippen LogP contribution in [0.4, 0.5) is 17.3 Å². The van der Waals surface area contributed by atoms with Gasteiger partial charge in [-0.1, -0.05) is 0 Å². The summed E-state index contributed by atoms with van der Waals surface area (Å²) in [6.07, 6.45) is 0. The molecule has 2 heterocycles. The molecule has 2 rings (SSSR count). The van der Waals surface area contributed by atoms with Crippen LogP contribution in [-0.4, -0.2) is 19.7 Å². The van der Waals surface area contributed by atoms with Gasteiger partial charge in [0.25, 0.3) is 0 Å². The number of hydrogen-bond acceptors (Lipinski definition) is 7. The van der Waals surface area contributed by atoms with E-state index in [0.29, 0.717) is 22.5 Å². The van der Waals surface area contributed by atoms with Crippen LogP contribution in [0, 0.1) is 6.92 Å². The highest BCUT2D eigenvalue weighted by Gasteiger charge is 2.17. The molecule has 0 bridgehead atoms. The molecule has 0 radical (unpaired) electrons. The third kappa shape index (κ3) is 2.73. The summed E-state index contributed by atoms with van der Waals surface area (Å²) in [7, 11) is 0. The van der Waals surface area contributed by atoms with Gasteiger partial charge in [-0.25, -0.2) is 9.97 Å². The minimum atomic E-state index is 0.192. The molecule has 0 saturated heterocycles. The lowest BCUT2D eigenvalue weighted by Crippen LogP contribution is -2.06. The second-order valence-electron chi connectivity index (χ2n) is 4.44. The van der Waals surface area contributed by atoms with Crippen molar-refractivity contribution in [2.75, 3.05) is 17.2 Å². The molecule has 0 fully saturated rings. The first-order chi connectivity index (χ1) is 8.88. The summed E-state index contributed by atoms with van der Waals surface area (Å²) < 4.78 is 1.85. The maximum absolute atomic E-state index is 6.04. The van der Waals surface area contributed by atoms with Crippen molar-refractivity contribution < 1.29 is 0 Å². The lowest BCUT2D eigenvalue weighted by atomic mass is 10.4. The highest BCUT2D eigenvalue weighted by Crippen LogP contribution is 2.34. The van der Waals surface area contributed by atoms with E-state index in [1.54, 1.807) is 0 Å². The predicted octanol–water partition coefficient (Wildman–Crippen LogP) is 1.46. The van der Waals surface area contributed by atoms with Crippen LogP contribution < -0.4 is 17.2 Å². The summed E-state index contributed by atoms with van der Waals surface area (Å²) in [6, 6.07) is 1.70. The van der Waals surface area contributed by atoms with Crippen molar-refractivity contribution in [2.45, 2.75) is 37.0 Å². The molecule has 0 unspecified atom stereocenters. The van der Waals surface area contributed by atoms with Crippen LogP contribution in [-0.2, 0) is 0 Å². The quantitative estimate of drug-likeness (QED) is 0.727. The summed E-state index contributed by atoms with van der Waals surface area (Å²) in [4.78, 5) is 8.27. The number of rotatable bonds is 3. The summed E-state index contributed by atoms with van der Waals surface area (Å²) in [5.74, 6) is 0.668. The summed E-state index contributed by atoms with van der Waals surface area (Å²) in [6.45, 7) is 5.93. The molecule has 19 heavy (non-hydrogen) atoms. The van der Waals surface area contributed by atoms with E-state index >= 15 is 0 Å². The molecule has 0 aromatic carbocycles. The average molecular weight is 279 g/mol. The lowest BCUT2D eigenvalue weighted by molar-refractivity contribution is 0.491. The van der Waals surface area contributed by atoms with Crippen molar-refractivity contribution in [3.05, 3.63) is 11.8 Å². The van der Waals surface area contributed by atoms with Crippen LogP contribution in [0.3, 0.4) is 0 Å². The molecule has 6 N–H and O–H groups in total. The normalized spacial score (nSPS) is 11.2. The van der Waals surface area contributed by atoms with Gasteiger partial charge in [0.1, 0.15) is 16.7 Å². The van der Waals surface area contributed by atoms with Crippen molar-refractivity contribution in [1.29, 1.82) is 0 Å². The third-order valence-electron chi connectivity index (χ3n) is 2.51. The molecule has 0 spiro atoms. The Kier molecular flexibility index (Phi) is 3.52. The van der Waals surface area contributed by atoms with E-state index in [2.05, 4.69) is 15.1 Å². The largest absolute Gasteiger partial charge is 0.395 e. The minimum absolute atomic E-state index is 0.192. The molecule has 102 valence electrons. The summed E-state index contributed by atoms with van der Waals surface area (Å²) >= 11 is 1.31. The zero-order valence-electron chi connectivity index (χ0n) is 11.1. The highest BCUT2D eigenvalue weighted by molar-refractivity contribution is 7.99. The fraction of sp³-hybridized carbons (Fsp3) is 0.364. The van der Waals surface area contributed by atoms with Gasteiger partial charge in [0.05, 0.1) is 11.4 Å². The maximum Gasteiger partial charge on any atom is 0.197 e. The Morgan fingerprint density at radius 2 is 1.74 bits per heavy atom. The number of anilines is 3.